The first-order chi connectivity index (χ1) is 7.63. The Labute approximate surface area is 103 Å². The Morgan fingerprint density at radius 3 is 3.00 bits per heavy atom. The molecule has 1 unspecified atom stereocenters. The summed E-state index contributed by atoms with van der Waals surface area (Å²) in [5, 5.41) is 8.61. The second kappa shape index (κ2) is 4.32. The molecule has 2 heterocycles. The van der Waals surface area contributed by atoms with Gasteiger partial charge in [0.25, 0.3) is 0 Å². The molecule has 0 aromatic carbocycles. The standard InChI is InChI=1S/C10H10ClN3OS/c1-13-7(8-2-3-9(11)16-8)6-14(5-4-12)10(13)15/h2-3,7H,5-6H2,1H3. The number of carbonyl (C=O) groups excluding carboxylic acids is 1. The molecule has 0 N–H and O–H groups in total. The Balaban J connectivity index is 2.19. The quantitative estimate of drug-likeness (QED) is 0.762. The minimum Gasteiger partial charge on any atom is -0.318 e. The summed E-state index contributed by atoms with van der Waals surface area (Å²) >= 11 is 7.34. The molecule has 0 radical (unpaired) electrons. The first-order valence-corrected chi connectivity index (χ1v) is 5.97. The van der Waals surface area contributed by atoms with E-state index in [9.17, 15) is 4.79 Å². The van der Waals surface area contributed by atoms with E-state index in [1.54, 1.807) is 11.9 Å². The van der Waals surface area contributed by atoms with Crippen molar-refractivity contribution in [3.05, 3.63) is 21.3 Å². The molecule has 2 rings (SSSR count). The van der Waals surface area contributed by atoms with Crippen LogP contribution in [0, 0.1) is 11.3 Å². The lowest BCUT2D eigenvalue weighted by atomic mass is 10.2. The summed E-state index contributed by atoms with van der Waals surface area (Å²) in [6, 6.07) is 5.66. The first kappa shape index (κ1) is 11.2. The summed E-state index contributed by atoms with van der Waals surface area (Å²) < 4.78 is 0.717. The number of hydrogen-bond acceptors (Lipinski definition) is 3. The third-order valence-electron chi connectivity index (χ3n) is 2.62. The van der Waals surface area contributed by atoms with Gasteiger partial charge < -0.3 is 9.80 Å². The van der Waals surface area contributed by atoms with E-state index in [1.165, 1.54) is 16.2 Å². The Morgan fingerprint density at radius 1 is 1.69 bits per heavy atom. The Kier molecular flexibility index (Phi) is 3.03. The van der Waals surface area contributed by atoms with E-state index in [4.69, 9.17) is 16.9 Å². The second-order valence-electron chi connectivity index (χ2n) is 3.59. The summed E-state index contributed by atoms with van der Waals surface area (Å²) in [5.74, 6) is 0. The van der Waals surface area contributed by atoms with E-state index in [1.807, 2.05) is 18.2 Å². The van der Waals surface area contributed by atoms with E-state index in [-0.39, 0.29) is 18.6 Å². The smallest absolute Gasteiger partial charge is 0.318 e. The molecule has 6 heteroatoms. The van der Waals surface area contributed by atoms with Gasteiger partial charge in [0.2, 0.25) is 0 Å². The zero-order chi connectivity index (χ0) is 11.7. The topological polar surface area (TPSA) is 47.3 Å². The van der Waals surface area contributed by atoms with Gasteiger partial charge in [0.1, 0.15) is 6.54 Å². The maximum Gasteiger partial charge on any atom is 0.321 e. The minimum absolute atomic E-state index is 0.0124. The zero-order valence-corrected chi connectivity index (χ0v) is 10.3. The van der Waals surface area contributed by atoms with Gasteiger partial charge in [-0.05, 0) is 12.1 Å². The van der Waals surface area contributed by atoms with E-state index < -0.39 is 0 Å². The number of hydrogen-bond donors (Lipinski definition) is 0. The highest BCUT2D eigenvalue weighted by atomic mass is 35.5. The maximum absolute atomic E-state index is 11.8. The van der Waals surface area contributed by atoms with Gasteiger partial charge in [0.15, 0.2) is 0 Å². The van der Waals surface area contributed by atoms with Crippen LogP contribution in [0.3, 0.4) is 0 Å². The fourth-order valence-electron chi connectivity index (χ4n) is 1.77. The van der Waals surface area contributed by atoms with Gasteiger partial charge in [-0.15, -0.1) is 11.3 Å². The molecule has 1 aromatic heterocycles. The number of rotatable bonds is 2. The molecular formula is C10H10ClN3OS. The van der Waals surface area contributed by atoms with Crippen molar-refractivity contribution in [3.8, 4) is 6.07 Å². The summed E-state index contributed by atoms with van der Waals surface area (Å²) in [6.45, 7) is 0.693. The van der Waals surface area contributed by atoms with Crippen LogP contribution in [0.2, 0.25) is 4.34 Å². The van der Waals surface area contributed by atoms with Gasteiger partial charge in [-0.25, -0.2) is 4.79 Å². The monoisotopic (exact) mass is 255 g/mol. The summed E-state index contributed by atoms with van der Waals surface area (Å²) in [4.78, 5) is 16.0. The van der Waals surface area contributed by atoms with Crippen LogP contribution in [0.4, 0.5) is 4.79 Å². The molecule has 1 saturated heterocycles. The fraction of sp³-hybridized carbons (Fsp3) is 0.400. The van der Waals surface area contributed by atoms with Crippen LogP contribution < -0.4 is 0 Å². The predicted octanol–water partition coefficient (Wildman–Crippen LogP) is 2.33. The number of urea groups is 1. The molecule has 0 aliphatic carbocycles. The van der Waals surface area contributed by atoms with E-state index >= 15 is 0 Å². The average molecular weight is 256 g/mol. The zero-order valence-electron chi connectivity index (χ0n) is 8.68. The van der Waals surface area contributed by atoms with Gasteiger partial charge in [0, 0.05) is 18.5 Å². The number of likely N-dealkylation sites (N-methyl/N-ethyl adjacent to an activating group) is 1. The number of carbonyl (C=O) groups is 1. The number of nitrogens with zero attached hydrogens (tertiary/aromatic N) is 3. The van der Waals surface area contributed by atoms with Crippen molar-refractivity contribution in [1.29, 1.82) is 5.26 Å². The molecule has 0 spiro atoms. The SMILES string of the molecule is CN1C(=O)N(CC#N)CC1c1ccc(Cl)s1. The molecule has 1 atom stereocenters. The number of amides is 2. The van der Waals surface area contributed by atoms with E-state index in [0.717, 1.165) is 9.21 Å². The van der Waals surface area contributed by atoms with Crippen LogP contribution in [0.1, 0.15) is 10.9 Å². The molecule has 2 amide bonds. The van der Waals surface area contributed by atoms with Gasteiger partial charge >= 0.3 is 6.03 Å². The highest BCUT2D eigenvalue weighted by Gasteiger charge is 2.35. The lowest BCUT2D eigenvalue weighted by molar-refractivity contribution is 0.199. The first-order valence-electron chi connectivity index (χ1n) is 4.77. The van der Waals surface area contributed by atoms with Gasteiger partial charge in [-0.3, -0.25) is 0 Å². The van der Waals surface area contributed by atoms with Crippen molar-refractivity contribution in [2.75, 3.05) is 20.1 Å². The molecule has 1 aromatic rings. The molecule has 16 heavy (non-hydrogen) atoms. The molecule has 1 aliphatic rings. The largest absolute Gasteiger partial charge is 0.321 e. The van der Waals surface area contributed by atoms with E-state index in [2.05, 4.69) is 0 Å². The van der Waals surface area contributed by atoms with Crippen LogP contribution in [0.5, 0.6) is 0 Å². The molecule has 1 fully saturated rings. The van der Waals surface area contributed by atoms with Gasteiger partial charge in [0.05, 0.1) is 16.4 Å². The molecule has 1 aliphatic heterocycles. The Morgan fingerprint density at radius 2 is 2.44 bits per heavy atom. The Bertz CT molecular complexity index is 453. The number of halogens is 1. The lowest BCUT2D eigenvalue weighted by Crippen LogP contribution is -2.29. The molecule has 84 valence electrons. The highest BCUT2D eigenvalue weighted by Crippen LogP contribution is 2.34. The van der Waals surface area contributed by atoms with Crippen molar-refractivity contribution < 1.29 is 4.79 Å². The van der Waals surface area contributed by atoms with Crippen LogP contribution in [0.25, 0.3) is 0 Å². The second-order valence-corrected chi connectivity index (χ2v) is 5.34. The van der Waals surface area contributed by atoms with Crippen LogP contribution >= 0.6 is 22.9 Å². The Hall–Kier alpha value is -1.25. The molecular weight excluding hydrogens is 246 g/mol. The third-order valence-corrected chi connectivity index (χ3v) is 3.95. The van der Waals surface area contributed by atoms with E-state index in [0.29, 0.717) is 6.54 Å². The van der Waals surface area contributed by atoms with Crippen LogP contribution in [-0.4, -0.2) is 36.0 Å². The maximum atomic E-state index is 11.8. The number of nitriles is 1. The van der Waals surface area contributed by atoms with Crippen molar-refractivity contribution >= 4 is 29.0 Å². The molecule has 0 saturated carbocycles. The van der Waals surface area contributed by atoms with Crippen LogP contribution in [0.15, 0.2) is 12.1 Å². The summed E-state index contributed by atoms with van der Waals surface area (Å²) in [5.41, 5.74) is 0. The summed E-state index contributed by atoms with van der Waals surface area (Å²) in [7, 11) is 1.75. The molecule has 0 bridgehead atoms. The summed E-state index contributed by atoms with van der Waals surface area (Å²) in [6.07, 6.45) is 0. The minimum atomic E-state index is -0.101. The fourth-order valence-corrected chi connectivity index (χ4v) is 2.97. The van der Waals surface area contributed by atoms with Crippen molar-refractivity contribution in [2.45, 2.75) is 6.04 Å². The van der Waals surface area contributed by atoms with Crippen molar-refractivity contribution in [2.24, 2.45) is 0 Å². The highest BCUT2D eigenvalue weighted by molar-refractivity contribution is 7.16. The third kappa shape index (κ3) is 1.86. The average Bonchev–Trinajstić information content (AvgIpc) is 2.78. The molecule has 4 nitrogen and oxygen atoms in total. The predicted molar refractivity (Wildman–Crippen MR) is 62.4 cm³/mol. The van der Waals surface area contributed by atoms with Crippen LogP contribution in [-0.2, 0) is 0 Å². The van der Waals surface area contributed by atoms with Gasteiger partial charge in [-0.1, -0.05) is 11.6 Å². The number of thiophene rings is 1. The normalized spacial score (nSPS) is 20.3. The van der Waals surface area contributed by atoms with Gasteiger partial charge in [-0.2, -0.15) is 5.26 Å². The van der Waals surface area contributed by atoms with Crippen molar-refractivity contribution in [3.63, 3.8) is 0 Å². The lowest BCUT2D eigenvalue weighted by Gasteiger charge is -2.15. The van der Waals surface area contributed by atoms with Crippen molar-refractivity contribution in [1.82, 2.24) is 9.80 Å².